The molecule has 0 bridgehead atoms. The first-order chi connectivity index (χ1) is 10.9. The average Bonchev–Trinajstić information content (AvgIpc) is 2.49. The molecule has 1 amide bonds. The third-order valence-electron chi connectivity index (χ3n) is 3.65. The number of hydrogen-bond donors (Lipinski definition) is 2. The molecule has 2 rings (SSSR count). The number of amides is 1. The normalized spacial score (nSPS) is 13.4. The molecule has 0 aliphatic carbocycles. The van der Waals surface area contributed by atoms with Gasteiger partial charge in [-0.25, -0.2) is 4.39 Å². The van der Waals surface area contributed by atoms with E-state index < -0.39 is 5.82 Å². The molecule has 122 valence electrons. The molecule has 2 N–H and O–H groups in total. The van der Waals surface area contributed by atoms with Crippen LogP contribution in [-0.2, 0) is 4.79 Å². The molecule has 0 heterocycles. The molecule has 0 saturated heterocycles. The van der Waals surface area contributed by atoms with Gasteiger partial charge in [-0.2, -0.15) is 0 Å². The van der Waals surface area contributed by atoms with E-state index >= 15 is 0 Å². The van der Waals surface area contributed by atoms with Crippen LogP contribution in [0.5, 0.6) is 0 Å². The second kappa shape index (κ2) is 7.57. The summed E-state index contributed by atoms with van der Waals surface area (Å²) < 4.78 is 13.3. The number of halogens is 2. The highest BCUT2D eigenvalue weighted by Gasteiger charge is 2.13. The van der Waals surface area contributed by atoms with E-state index in [4.69, 9.17) is 11.6 Å². The minimum atomic E-state index is -0.418. The SMILES string of the molecule is CC(=O)Nc1cccc(C(C)NC(C)c2ccc(F)c(Cl)c2)c1. The van der Waals surface area contributed by atoms with Gasteiger partial charge >= 0.3 is 0 Å². The zero-order valence-corrected chi connectivity index (χ0v) is 14.1. The molecule has 2 aromatic carbocycles. The summed E-state index contributed by atoms with van der Waals surface area (Å²) in [6.07, 6.45) is 0. The maximum Gasteiger partial charge on any atom is 0.221 e. The van der Waals surface area contributed by atoms with E-state index in [1.807, 2.05) is 38.1 Å². The lowest BCUT2D eigenvalue weighted by Crippen LogP contribution is -2.22. The zero-order valence-electron chi connectivity index (χ0n) is 13.4. The molecule has 23 heavy (non-hydrogen) atoms. The summed E-state index contributed by atoms with van der Waals surface area (Å²) >= 11 is 5.84. The Bertz CT molecular complexity index is 705. The predicted octanol–water partition coefficient (Wildman–Crippen LogP) is 4.85. The number of carbonyl (C=O) groups is 1. The third-order valence-corrected chi connectivity index (χ3v) is 3.94. The molecule has 2 unspecified atom stereocenters. The fourth-order valence-electron chi connectivity index (χ4n) is 2.44. The lowest BCUT2D eigenvalue weighted by molar-refractivity contribution is -0.114. The minimum Gasteiger partial charge on any atom is -0.326 e. The fourth-order valence-corrected chi connectivity index (χ4v) is 2.63. The molecule has 5 heteroatoms. The van der Waals surface area contributed by atoms with Gasteiger partial charge in [0.2, 0.25) is 5.91 Å². The number of benzene rings is 2. The Morgan fingerprint density at radius 1 is 1.09 bits per heavy atom. The van der Waals surface area contributed by atoms with Crippen LogP contribution >= 0.6 is 11.6 Å². The summed E-state index contributed by atoms with van der Waals surface area (Å²) in [7, 11) is 0. The summed E-state index contributed by atoms with van der Waals surface area (Å²) in [5.41, 5.74) is 2.73. The molecule has 0 fully saturated rings. The van der Waals surface area contributed by atoms with E-state index in [0.29, 0.717) is 0 Å². The van der Waals surface area contributed by atoms with Crippen LogP contribution in [0.1, 0.15) is 44.0 Å². The van der Waals surface area contributed by atoms with Gasteiger partial charge in [0, 0.05) is 24.7 Å². The van der Waals surface area contributed by atoms with Crippen LogP contribution in [0.2, 0.25) is 5.02 Å². The number of nitrogens with one attached hydrogen (secondary N) is 2. The Kier molecular flexibility index (Phi) is 5.74. The lowest BCUT2D eigenvalue weighted by atomic mass is 10.0. The third kappa shape index (κ3) is 4.78. The Morgan fingerprint density at radius 2 is 1.74 bits per heavy atom. The molecule has 2 aromatic rings. The fraction of sp³-hybridized carbons (Fsp3) is 0.278. The molecular weight excluding hydrogens is 315 g/mol. The van der Waals surface area contributed by atoms with Crippen LogP contribution in [-0.4, -0.2) is 5.91 Å². The van der Waals surface area contributed by atoms with Crippen LogP contribution in [0.4, 0.5) is 10.1 Å². The summed E-state index contributed by atoms with van der Waals surface area (Å²) in [6.45, 7) is 5.51. The molecule has 0 aromatic heterocycles. The topological polar surface area (TPSA) is 41.1 Å². The molecule has 0 saturated carbocycles. The van der Waals surface area contributed by atoms with Crippen LogP contribution < -0.4 is 10.6 Å². The second-order valence-electron chi connectivity index (χ2n) is 5.59. The average molecular weight is 335 g/mol. The second-order valence-corrected chi connectivity index (χ2v) is 6.00. The quantitative estimate of drug-likeness (QED) is 0.820. The summed E-state index contributed by atoms with van der Waals surface area (Å²) in [5, 5.41) is 6.34. The van der Waals surface area contributed by atoms with Crippen molar-refractivity contribution in [2.24, 2.45) is 0 Å². The minimum absolute atomic E-state index is 0.00697. The van der Waals surface area contributed by atoms with Gasteiger partial charge in [0.1, 0.15) is 5.82 Å². The maximum atomic E-state index is 13.3. The molecule has 0 aliphatic rings. The van der Waals surface area contributed by atoms with Gasteiger partial charge in [0.15, 0.2) is 0 Å². The summed E-state index contributed by atoms with van der Waals surface area (Å²) in [6, 6.07) is 12.5. The van der Waals surface area contributed by atoms with Gasteiger partial charge in [-0.05, 0) is 49.2 Å². The van der Waals surface area contributed by atoms with E-state index in [2.05, 4.69) is 10.6 Å². The Labute approximate surface area is 140 Å². The highest BCUT2D eigenvalue weighted by atomic mass is 35.5. The van der Waals surface area contributed by atoms with Gasteiger partial charge in [0.25, 0.3) is 0 Å². The largest absolute Gasteiger partial charge is 0.326 e. The lowest BCUT2D eigenvalue weighted by Gasteiger charge is -2.21. The first-order valence-electron chi connectivity index (χ1n) is 7.45. The molecule has 0 spiro atoms. The van der Waals surface area contributed by atoms with Crippen LogP contribution in [0.3, 0.4) is 0 Å². The van der Waals surface area contributed by atoms with E-state index in [0.717, 1.165) is 16.8 Å². The van der Waals surface area contributed by atoms with Crippen molar-refractivity contribution in [3.05, 3.63) is 64.4 Å². The van der Waals surface area contributed by atoms with Crippen molar-refractivity contribution in [3.8, 4) is 0 Å². The standard InChI is InChI=1S/C18H20ClFN2O/c1-11(14-5-4-6-16(9-14)22-13(3)23)21-12(2)15-7-8-18(20)17(19)10-15/h4-12,21H,1-3H3,(H,22,23). The molecular formula is C18H20ClFN2O. The molecule has 3 nitrogen and oxygen atoms in total. The summed E-state index contributed by atoms with van der Waals surface area (Å²) in [4.78, 5) is 11.1. The monoisotopic (exact) mass is 334 g/mol. The van der Waals surface area contributed by atoms with Gasteiger partial charge in [0.05, 0.1) is 5.02 Å². The van der Waals surface area contributed by atoms with Crippen molar-refractivity contribution in [3.63, 3.8) is 0 Å². The first-order valence-corrected chi connectivity index (χ1v) is 7.83. The van der Waals surface area contributed by atoms with Gasteiger partial charge in [-0.15, -0.1) is 0 Å². The van der Waals surface area contributed by atoms with Gasteiger partial charge < -0.3 is 10.6 Å². The molecule has 0 radical (unpaired) electrons. The Balaban J connectivity index is 2.09. The van der Waals surface area contributed by atoms with Gasteiger partial charge in [-0.3, -0.25) is 4.79 Å². The van der Waals surface area contributed by atoms with E-state index in [-0.39, 0.29) is 23.0 Å². The number of rotatable bonds is 5. The van der Waals surface area contributed by atoms with E-state index in [1.54, 1.807) is 12.1 Å². The highest BCUT2D eigenvalue weighted by Crippen LogP contribution is 2.24. The highest BCUT2D eigenvalue weighted by molar-refractivity contribution is 6.30. The van der Waals surface area contributed by atoms with E-state index in [9.17, 15) is 9.18 Å². The Hall–Kier alpha value is -1.91. The number of anilines is 1. The maximum absolute atomic E-state index is 13.3. The van der Waals surface area contributed by atoms with Crippen molar-refractivity contribution >= 4 is 23.2 Å². The van der Waals surface area contributed by atoms with Crippen molar-refractivity contribution in [1.82, 2.24) is 5.32 Å². The van der Waals surface area contributed by atoms with Crippen molar-refractivity contribution in [2.45, 2.75) is 32.9 Å². The summed E-state index contributed by atoms with van der Waals surface area (Å²) in [5.74, 6) is -0.518. The van der Waals surface area contributed by atoms with Gasteiger partial charge in [-0.1, -0.05) is 29.8 Å². The van der Waals surface area contributed by atoms with Crippen molar-refractivity contribution in [2.75, 3.05) is 5.32 Å². The van der Waals surface area contributed by atoms with Crippen LogP contribution in [0.25, 0.3) is 0 Å². The first kappa shape index (κ1) is 17.4. The Morgan fingerprint density at radius 3 is 2.35 bits per heavy atom. The van der Waals surface area contributed by atoms with E-state index in [1.165, 1.54) is 13.0 Å². The van der Waals surface area contributed by atoms with Crippen LogP contribution in [0, 0.1) is 5.82 Å². The molecule has 0 aliphatic heterocycles. The van der Waals surface area contributed by atoms with Crippen molar-refractivity contribution < 1.29 is 9.18 Å². The van der Waals surface area contributed by atoms with Crippen molar-refractivity contribution in [1.29, 1.82) is 0 Å². The van der Waals surface area contributed by atoms with Crippen LogP contribution in [0.15, 0.2) is 42.5 Å². The smallest absolute Gasteiger partial charge is 0.221 e. The number of carbonyl (C=O) groups excluding carboxylic acids is 1. The zero-order chi connectivity index (χ0) is 17.0. The molecule has 2 atom stereocenters. The predicted molar refractivity (Wildman–Crippen MR) is 92.1 cm³/mol. The number of hydrogen-bond acceptors (Lipinski definition) is 2.